The van der Waals surface area contributed by atoms with E-state index < -0.39 is 4.92 Å². The third-order valence-corrected chi connectivity index (χ3v) is 2.94. The summed E-state index contributed by atoms with van der Waals surface area (Å²) in [5, 5.41) is 13.8. The molecule has 2 rings (SSSR count). The number of anilines is 1. The van der Waals surface area contributed by atoms with Crippen LogP contribution in [0, 0.1) is 10.1 Å². The van der Waals surface area contributed by atoms with Crippen molar-refractivity contribution in [3.8, 4) is 0 Å². The van der Waals surface area contributed by atoms with E-state index in [-0.39, 0.29) is 16.7 Å². The molecule has 0 amide bonds. The Morgan fingerprint density at radius 2 is 2.35 bits per heavy atom. The van der Waals surface area contributed by atoms with E-state index in [9.17, 15) is 10.1 Å². The van der Waals surface area contributed by atoms with Crippen LogP contribution >= 0.6 is 22.9 Å². The fraction of sp³-hybridized carbons (Fsp3) is 0.111. The smallest absolute Gasteiger partial charge is 0.311 e. The minimum atomic E-state index is -0.502. The van der Waals surface area contributed by atoms with E-state index in [1.54, 1.807) is 11.7 Å². The zero-order valence-corrected chi connectivity index (χ0v) is 10.0. The number of aromatic nitrogens is 2. The van der Waals surface area contributed by atoms with Crippen molar-refractivity contribution >= 4 is 34.4 Å². The summed E-state index contributed by atoms with van der Waals surface area (Å²) in [6.45, 7) is 0.429. The van der Waals surface area contributed by atoms with Crippen LogP contribution < -0.4 is 5.32 Å². The Morgan fingerprint density at radius 1 is 1.53 bits per heavy atom. The molecule has 0 spiro atoms. The number of nitro groups is 1. The summed E-state index contributed by atoms with van der Waals surface area (Å²) in [4.78, 5) is 19.0. The van der Waals surface area contributed by atoms with Crippen molar-refractivity contribution in [2.45, 2.75) is 6.54 Å². The van der Waals surface area contributed by atoms with Gasteiger partial charge in [-0.05, 0) is 6.07 Å². The quantitative estimate of drug-likeness (QED) is 0.525. The Bertz CT molecular complexity index is 532. The lowest BCUT2D eigenvalue weighted by Gasteiger charge is -2.04. The van der Waals surface area contributed by atoms with Gasteiger partial charge in [0.15, 0.2) is 0 Å². The molecule has 0 aliphatic rings. The number of nitrogens with one attached hydrogen (secondary N) is 1. The number of rotatable bonds is 4. The highest BCUT2D eigenvalue weighted by Crippen LogP contribution is 2.24. The number of halogens is 1. The molecule has 0 aliphatic heterocycles. The first-order valence-corrected chi connectivity index (χ1v) is 5.85. The van der Waals surface area contributed by atoms with Gasteiger partial charge < -0.3 is 5.32 Å². The number of pyridine rings is 1. The highest BCUT2D eigenvalue weighted by Gasteiger charge is 2.15. The van der Waals surface area contributed by atoms with Gasteiger partial charge in [0.25, 0.3) is 0 Å². The molecule has 17 heavy (non-hydrogen) atoms. The average molecular weight is 271 g/mol. The molecule has 0 unspecified atom stereocenters. The predicted molar refractivity (Wildman–Crippen MR) is 65.3 cm³/mol. The Kier molecular flexibility index (Phi) is 3.50. The molecule has 0 aliphatic carbocycles. The van der Waals surface area contributed by atoms with Crippen molar-refractivity contribution in [2.75, 3.05) is 5.32 Å². The number of hydrogen-bond donors (Lipinski definition) is 1. The first-order chi connectivity index (χ1) is 8.16. The number of thiazole rings is 1. The lowest BCUT2D eigenvalue weighted by Crippen LogP contribution is -2.03. The van der Waals surface area contributed by atoms with Crippen molar-refractivity contribution in [1.29, 1.82) is 0 Å². The third kappa shape index (κ3) is 2.89. The summed E-state index contributed by atoms with van der Waals surface area (Å²) in [5.41, 5.74) is 1.59. The molecule has 0 atom stereocenters. The number of hydrogen-bond acceptors (Lipinski definition) is 6. The van der Waals surface area contributed by atoms with Crippen LogP contribution in [0.5, 0.6) is 0 Å². The maximum atomic E-state index is 10.8. The van der Waals surface area contributed by atoms with Crippen LogP contribution in [0.25, 0.3) is 0 Å². The minimum Gasteiger partial charge on any atom is -0.359 e. The predicted octanol–water partition coefficient (Wildman–Crippen LogP) is 2.71. The van der Waals surface area contributed by atoms with E-state index in [4.69, 9.17) is 11.6 Å². The van der Waals surface area contributed by atoms with Crippen molar-refractivity contribution < 1.29 is 4.92 Å². The summed E-state index contributed by atoms with van der Waals surface area (Å²) in [6, 6.07) is 2.71. The zero-order valence-electron chi connectivity index (χ0n) is 8.46. The Morgan fingerprint density at radius 3 is 3.00 bits per heavy atom. The topological polar surface area (TPSA) is 81.0 Å². The van der Waals surface area contributed by atoms with Crippen molar-refractivity contribution in [1.82, 2.24) is 9.97 Å². The first kappa shape index (κ1) is 11.7. The third-order valence-electron chi connectivity index (χ3n) is 1.95. The Hall–Kier alpha value is -1.73. The maximum absolute atomic E-state index is 10.8. The highest BCUT2D eigenvalue weighted by atomic mass is 35.5. The summed E-state index contributed by atoms with van der Waals surface area (Å²) in [7, 11) is 0. The van der Waals surface area contributed by atoms with Crippen LogP contribution in [0.15, 0.2) is 23.8 Å². The largest absolute Gasteiger partial charge is 0.359 e. The normalized spacial score (nSPS) is 10.2. The van der Waals surface area contributed by atoms with Crippen LogP contribution in [-0.4, -0.2) is 14.9 Å². The van der Waals surface area contributed by atoms with Crippen LogP contribution in [0.2, 0.25) is 5.15 Å². The summed E-state index contributed by atoms with van der Waals surface area (Å²) in [5.74, 6) is 0.163. The van der Waals surface area contributed by atoms with E-state index in [0.29, 0.717) is 6.54 Å². The molecule has 1 N–H and O–H groups in total. The standard InChI is InChI=1S/C9H7ClN4O2S/c10-8-2-1-7(14(15)16)9(13-8)12-4-6-3-11-5-17-6/h1-3,5H,4H2,(H,12,13). The molecule has 2 aromatic heterocycles. The Balaban J connectivity index is 2.19. The summed E-state index contributed by atoms with van der Waals surface area (Å²) >= 11 is 7.16. The maximum Gasteiger partial charge on any atom is 0.311 e. The van der Waals surface area contributed by atoms with Gasteiger partial charge in [0.2, 0.25) is 5.82 Å². The van der Waals surface area contributed by atoms with E-state index in [1.807, 2.05) is 0 Å². The second-order valence-corrected chi connectivity index (χ2v) is 4.44. The van der Waals surface area contributed by atoms with Gasteiger partial charge >= 0.3 is 5.69 Å². The molecule has 2 aromatic rings. The average Bonchev–Trinajstić information content (AvgIpc) is 2.78. The van der Waals surface area contributed by atoms with Gasteiger partial charge in [-0.3, -0.25) is 15.1 Å². The Labute approximate surface area is 105 Å². The van der Waals surface area contributed by atoms with E-state index in [2.05, 4.69) is 15.3 Å². The van der Waals surface area contributed by atoms with Gasteiger partial charge in [0.1, 0.15) is 5.15 Å². The molecule has 0 saturated heterocycles. The molecule has 2 heterocycles. The van der Waals surface area contributed by atoms with Gasteiger partial charge in [0.05, 0.1) is 17.0 Å². The molecule has 6 nitrogen and oxygen atoms in total. The molecule has 8 heteroatoms. The molecule has 0 aromatic carbocycles. The van der Waals surface area contributed by atoms with Crippen molar-refractivity contribution in [2.24, 2.45) is 0 Å². The minimum absolute atomic E-state index is 0.0982. The molecular formula is C9H7ClN4O2S. The van der Waals surface area contributed by atoms with Gasteiger partial charge in [-0.1, -0.05) is 11.6 Å². The lowest BCUT2D eigenvalue weighted by atomic mass is 10.4. The van der Waals surface area contributed by atoms with Crippen LogP contribution in [0.4, 0.5) is 11.5 Å². The first-order valence-electron chi connectivity index (χ1n) is 4.59. The zero-order chi connectivity index (χ0) is 12.3. The molecule has 0 bridgehead atoms. The fourth-order valence-corrected chi connectivity index (χ4v) is 1.89. The van der Waals surface area contributed by atoms with Crippen molar-refractivity contribution in [3.63, 3.8) is 0 Å². The van der Waals surface area contributed by atoms with E-state index >= 15 is 0 Å². The molecule has 88 valence electrons. The van der Waals surface area contributed by atoms with Crippen LogP contribution in [0.3, 0.4) is 0 Å². The summed E-state index contributed by atoms with van der Waals surface area (Å²) in [6.07, 6.45) is 1.69. The van der Waals surface area contributed by atoms with Crippen molar-refractivity contribution in [3.05, 3.63) is 44.0 Å². The monoisotopic (exact) mass is 270 g/mol. The fourth-order valence-electron chi connectivity index (χ4n) is 1.21. The van der Waals surface area contributed by atoms with Gasteiger partial charge in [-0.2, -0.15) is 0 Å². The van der Waals surface area contributed by atoms with E-state index in [1.165, 1.54) is 23.5 Å². The van der Waals surface area contributed by atoms with Crippen LogP contribution in [0.1, 0.15) is 4.88 Å². The summed E-state index contributed by atoms with van der Waals surface area (Å²) < 4.78 is 0. The SMILES string of the molecule is O=[N+]([O-])c1ccc(Cl)nc1NCc1cncs1. The second kappa shape index (κ2) is 5.07. The van der Waals surface area contributed by atoms with Gasteiger partial charge in [0, 0.05) is 17.1 Å². The van der Waals surface area contributed by atoms with Gasteiger partial charge in [-0.15, -0.1) is 11.3 Å². The highest BCUT2D eigenvalue weighted by molar-refractivity contribution is 7.09. The van der Waals surface area contributed by atoms with Gasteiger partial charge in [-0.25, -0.2) is 4.98 Å². The molecular weight excluding hydrogens is 264 g/mol. The molecule has 0 fully saturated rings. The lowest BCUT2D eigenvalue weighted by molar-refractivity contribution is -0.384. The molecule has 0 radical (unpaired) electrons. The van der Waals surface area contributed by atoms with E-state index in [0.717, 1.165) is 4.88 Å². The van der Waals surface area contributed by atoms with Crippen LogP contribution in [-0.2, 0) is 6.54 Å². The second-order valence-electron chi connectivity index (χ2n) is 3.08. The molecule has 0 saturated carbocycles. The number of nitrogens with zero attached hydrogens (tertiary/aromatic N) is 3.